The van der Waals surface area contributed by atoms with E-state index in [0.717, 1.165) is 4.90 Å². The van der Waals surface area contributed by atoms with Crippen molar-refractivity contribution in [2.24, 2.45) is 7.05 Å². The molecule has 1 aromatic rings. The Morgan fingerprint density at radius 1 is 1.59 bits per heavy atom. The maximum atomic E-state index is 13.2. The normalized spacial score (nSPS) is 19.4. The van der Waals surface area contributed by atoms with Gasteiger partial charge in [-0.15, -0.1) is 0 Å². The van der Waals surface area contributed by atoms with Crippen molar-refractivity contribution in [3.05, 3.63) is 16.4 Å². The van der Waals surface area contributed by atoms with E-state index >= 15 is 0 Å². The van der Waals surface area contributed by atoms with Crippen LogP contribution >= 0.6 is 15.9 Å². The smallest absolute Gasteiger partial charge is 0.275 e. The maximum absolute atomic E-state index is 13.2. The van der Waals surface area contributed by atoms with Gasteiger partial charge in [0, 0.05) is 26.2 Å². The first-order chi connectivity index (χ1) is 7.89. The number of hydrogen-bond acceptors (Lipinski definition) is 2. The first-order valence-corrected chi connectivity index (χ1v) is 6.04. The molecule has 0 aromatic carbocycles. The number of aromatic nitrogens is 2. The standard InChI is InChI=1S/C10H12BrF2N3O/c1-15-5-7(11)8(14-15)9(17)16-4-2-3-10(12,13)6-16/h5H,2-4,6H2,1H3. The fourth-order valence-electron chi connectivity index (χ4n) is 1.89. The largest absolute Gasteiger partial charge is 0.331 e. The van der Waals surface area contributed by atoms with Crippen LogP contribution in [0.25, 0.3) is 0 Å². The van der Waals surface area contributed by atoms with Crippen molar-refractivity contribution in [2.45, 2.75) is 18.8 Å². The zero-order valence-electron chi connectivity index (χ0n) is 9.29. The highest BCUT2D eigenvalue weighted by molar-refractivity contribution is 9.10. The molecule has 4 nitrogen and oxygen atoms in total. The SMILES string of the molecule is Cn1cc(Br)c(C(=O)N2CCCC(F)(F)C2)n1. The molecule has 1 aliphatic rings. The van der Waals surface area contributed by atoms with Crippen LogP contribution in [0.4, 0.5) is 8.78 Å². The van der Waals surface area contributed by atoms with Crippen LogP contribution in [0.1, 0.15) is 23.3 Å². The molecule has 0 radical (unpaired) electrons. The van der Waals surface area contributed by atoms with Crippen molar-refractivity contribution in [1.29, 1.82) is 0 Å². The van der Waals surface area contributed by atoms with Gasteiger partial charge >= 0.3 is 0 Å². The molecule has 17 heavy (non-hydrogen) atoms. The number of aryl methyl sites for hydroxylation is 1. The number of rotatable bonds is 1. The summed E-state index contributed by atoms with van der Waals surface area (Å²) in [6.45, 7) is -0.160. The van der Waals surface area contributed by atoms with Gasteiger partial charge in [0.05, 0.1) is 11.0 Å². The van der Waals surface area contributed by atoms with Gasteiger partial charge < -0.3 is 4.90 Å². The second-order valence-corrected chi connectivity index (χ2v) is 5.04. The quantitative estimate of drug-likeness (QED) is 0.796. The van der Waals surface area contributed by atoms with Crippen LogP contribution in [-0.2, 0) is 7.05 Å². The van der Waals surface area contributed by atoms with Gasteiger partial charge in [0.2, 0.25) is 0 Å². The molecule has 1 fully saturated rings. The van der Waals surface area contributed by atoms with Crippen molar-refractivity contribution in [3.63, 3.8) is 0 Å². The molecule has 1 aliphatic heterocycles. The van der Waals surface area contributed by atoms with Crippen LogP contribution in [-0.4, -0.2) is 39.6 Å². The number of nitrogens with zero attached hydrogens (tertiary/aromatic N) is 3. The predicted molar refractivity (Wildman–Crippen MR) is 61.0 cm³/mol. The molecular weight excluding hydrogens is 296 g/mol. The molecular formula is C10H12BrF2N3O. The van der Waals surface area contributed by atoms with Crippen molar-refractivity contribution in [2.75, 3.05) is 13.1 Å². The number of amides is 1. The number of halogens is 3. The summed E-state index contributed by atoms with van der Waals surface area (Å²) in [5.41, 5.74) is 0.185. The van der Waals surface area contributed by atoms with E-state index in [9.17, 15) is 13.6 Å². The molecule has 1 aromatic heterocycles. The summed E-state index contributed by atoms with van der Waals surface area (Å²) in [5, 5.41) is 3.97. The van der Waals surface area contributed by atoms with Gasteiger partial charge in [-0.25, -0.2) is 8.78 Å². The van der Waals surface area contributed by atoms with Crippen LogP contribution in [0, 0.1) is 0 Å². The molecule has 0 saturated carbocycles. The van der Waals surface area contributed by atoms with Crippen LogP contribution in [0.2, 0.25) is 0 Å². The van der Waals surface area contributed by atoms with E-state index in [4.69, 9.17) is 0 Å². The minimum Gasteiger partial charge on any atom is -0.331 e. The summed E-state index contributed by atoms with van der Waals surface area (Å²) in [7, 11) is 1.67. The Bertz CT molecular complexity index is 447. The zero-order valence-corrected chi connectivity index (χ0v) is 10.9. The van der Waals surface area contributed by atoms with Crippen LogP contribution < -0.4 is 0 Å². The van der Waals surface area contributed by atoms with Gasteiger partial charge in [-0.3, -0.25) is 9.48 Å². The summed E-state index contributed by atoms with van der Waals surface area (Å²) >= 11 is 3.19. The molecule has 0 atom stereocenters. The second-order valence-electron chi connectivity index (χ2n) is 4.19. The molecule has 0 aliphatic carbocycles. The monoisotopic (exact) mass is 307 g/mol. The Morgan fingerprint density at radius 3 is 2.82 bits per heavy atom. The maximum Gasteiger partial charge on any atom is 0.275 e. The highest BCUT2D eigenvalue weighted by Crippen LogP contribution is 2.28. The third-order valence-corrected chi connectivity index (χ3v) is 3.25. The number of alkyl halides is 2. The summed E-state index contributed by atoms with van der Waals surface area (Å²) in [6.07, 6.45) is 1.79. The summed E-state index contributed by atoms with van der Waals surface area (Å²) in [6, 6.07) is 0. The van der Waals surface area contributed by atoms with Crippen molar-refractivity contribution < 1.29 is 13.6 Å². The van der Waals surface area contributed by atoms with E-state index in [1.165, 1.54) is 4.68 Å². The van der Waals surface area contributed by atoms with E-state index in [0.29, 0.717) is 17.4 Å². The molecule has 2 rings (SSSR count). The third-order valence-electron chi connectivity index (χ3n) is 2.67. The second kappa shape index (κ2) is 4.36. The molecule has 0 unspecified atom stereocenters. The Morgan fingerprint density at radius 2 is 2.29 bits per heavy atom. The Labute approximate surface area is 106 Å². The topological polar surface area (TPSA) is 38.1 Å². The Hall–Kier alpha value is -0.980. The molecule has 1 amide bonds. The molecule has 0 spiro atoms. The highest BCUT2D eigenvalue weighted by Gasteiger charge is 2.38. The molecule has 1 saturated heterocycles. The van der Waals surface area contributed by atoms with Gasteiger partial charge in [0.25, 0.3) is 11.8 Å². The van der Waals surface area contributed by atoms with Gasteiger partial charge in [-0.1, -0.05) is 0 Å². The molecule has 2 heterocycles. The lowest BCUT2D eigenvalue weighted by Crippen LogP contribution is -2.45. The van der Waals surface area contributed by atoms with Crippen LogP contribution in [0.3, 0.4) is 0 Å². The van der Waals surface area contributed by atoms with Crippen molar-refractivity contribution >= 4 is 21.8 Å². The Balaban J connectivity index is 2.18. The van der Waals surface area contributed by atoms with Gasteiger partial charge in [-0.2, -0.15) is 5.10 Å². The molecule has 0 bridgehead atoms. The highest BCUT2D eigenvalue weighted by atomic mass is 79.9. The lowest BCUT2D eigenvalue weighted by Gasteiger charge is -2.32. The lowest BCUT2D eigenvalue weighted by molar-refractivity contribution is -0.0561. The van der Waals surface area contributed by atoms with Gasteiger partial charge in [0.15, 0.2) is 5.69 Å². The number of carbonyl (C=O) groups excluding carboxylic acids is 1. The fraction of sp³-hybridized carbons (Fsp3) is 0.600. The number of carbonyl (C=O) groups is 1. The van der Waals surface area contributed by atoms with Crippen LogP contribution in [0.15, 0.2) is 10.7 Å². The van der Waals surface area contributed by atoms with Gasteiger partial charge in [-0.05, 0) is 22.4 Å². The first kappa shape index (κ1) is 12.5. The third kappa shape index (κ3) is 2.65. The van der Waals surface area contributed by atoms with Crippen molar-refractivity contribution in [1.82, 2.24) is 14.7 Å². The summed E-state index contributed by atoms with van der Waals surface area (Å²) in [4.78, 5) is 13.2. The average Bonchev–Trinajstić information content (AvgIpc) is 2.55. The number of piperidine rings is 1. The van der Waals surface area contributed by atoms with Gasteiger partial charge in [0.1, 0.15) is 0 Å². The number of likely N-dealkylation sites (tertiary alicyclic amines) is 1. The molecule has 0 N–H and O–H groups in total. The molecule has 94 valence electrons. The minimum absolute atomic E-state index is 0.153. The van der Waals surface area contributed by atoms with E-state index < -0.39 is 18.4 Å². The average molecular weight is 308 g/mol. The zero-order chi connectivity index (χ0) is 12.6. The molecule has 7 heteroatoms. The lowest BCUT2D eigenvalue weighted by atomic mass is 10.1. The fourth-order valence-corrected chi connectivity index (χ4v) is 2.44. The minimum atomic E-state index is -2.78. The number of hydrogen-bond donors (Lipinski definition) is 0. The van der Waals surface area contributed by atoms with Crippen LogP contribution in [0.5, 0.6) is 0 Å². The van der Waals surface area contributed by atoms with E-state index in [-0.39, 0.29) is 12.1 Å². The Kier molecular flexibility index (Phi) is 3.20. The van der Waals surface area contributed by atoms with E-state index in [1.54, 1.807) is 13.2 Å². The van der Waals surface area contributed by atoms with Crippen molar-refractivity contribution in [3.8, 4) is 0 Å². The van der Waals surface area contributed by atoms with E-state index in [1.807, 2.05) is 0 Å². The summed E-state index contributed by atoms with van der Waals surface area (Å²) < 4.78 is 28.4. The summed E-state index contributed by atoms with van der Waals surface area (Å²) in [5.74, 6) is -3.23. The van der Waals surface area contributed by atoms with E-state index in [2.05, 4.69) is 21.0 Å². The first-order valence-electron chi connectivity index (χ1n) is 5.25. The predicted octanol–water partition coefficient (Wildman–Crippen LogP) is 2.05.